The van der Waals surface area contributed by atoms with Gasteiger partial charge in [-0.3, -0.25) is 4.90 Å². The minimum absolute atomic E-state index is 0.544. The van der Waals surface area contributed by atoms with E-state index in [1.54, 1.807) is 0 Å². The summed E-state index contributed by atoms with van der Waals surface area (Å²) in [4.78, 5) is 2.80. The Bertz CT molecular complexity index is 274. The molecule has 1 aliphatic heterocycles. The molecule has 1 heterocycles. The Morgan fingerprint density at radius 3 is 2.53 bits per heavy atom. The average Bonchev–Trinajstić information content (AvgIpc) is 2.39. The highest BCUT2D eigenvalue weighted by molar-refractivity contribution is 8.00. The molecule has 0 spiro atoms. The van der Waals surface area contributed by atoms with E-state index in [4.69, 9.17) is 0 Å². The van der Waals surface area contributed by atoms with Crippen molar-refractivity contribution in [2.24, 2.45) is 5.92 Å². The van der Waals surface area contributed by atoms with Gasteiger partial charge >= 0.3 is 0 Å². The summed E-state index contributed by atoms with van der Waals surface area (Å²) < 4.78 is 0.544. The highest BCUT2D eigenvalue weighted by Crippen LogP contribution is 2.40. The fraction of sp³-hybridized carbons (Fsp3) is 1.00. The van der Waals surface area contributed by atoms with Crippen molar-refractivity contribution in [3.05, 3.63) is 0 Å². The highest BCUT2D eigenvalue weighted by atomic mass is 32.2. The molecule has 2 atom stereocenters. The predicted molar refractivity (Wildman–Crippen MR) is 87.0 cm³/mol. The van der Waals surface area contributed by atoms with Crippen molar-refractivity contribution in [1.82, 2.24) is 10.2 Å². The summed E-state index contributed by atoms with van der Waals surface area (Å²) in [7, 11) is 0. The van der Waals surface area contributed by atoms with E-state index in [1.165, 1.54) is 51.7 Å². The topological polar surface area (TPSA) is 15.3 Å². The van der Waals surface area contributed by atoms with E-state index in [1.807, 2.05) is 0 Å². The van der Waals surface area contributed by atoms with Gasteiger partial charge in [0.2, 0.25) is 0 Å². The van der Waals surface area contributed by atoms with E-state index in [0.29, 0.717) is 10.8 Å². The second kappa shape index (κ2) is 6.82. The molecule has 0 bridgehead atoms. The molecule has 0 radical (unpaired) electrons. The van der Waals surface area contributed by atoms with Crippen LogP contribution in [0.5, 0.6) is 0 Å². The minimum Gasteiger partial charge on any atom is -0.311 e. The van der Waals surface area contributed by atoms with Gasteiger partial charge in [0.25, 0.3) is 0 Å². The van der Waals surface area contributed by atoms with Crippen LogP contribution in [0.1, 0.15) is 52.9 Å². The Morgan fingerprint density at radius 2 is 1.95 bits per heavy atom. The summed E-state index contributed by atoms with van der Waals surface area (Å²) in [6, 6.07) is 1.37. The van der Waals surface area contributed by atoms with E-state index in [0.717, 1.165) is 12.0 Å². The van der Waals surface area contributed by atoms with Crippen molar-refractivity contribution in [1.29, 1.82) is 0 Å². The minimum atomic E-state index is 0.544. The zero-order valence-corrected chi connectivity index (χ0v) is 14.1. The maximum Gasteiger partial charge on any atom is 0.0284 e. The standard InChI is InChI=1S/C16H32N2S/c1-13(2)15-10-17-14(3)11-18(15)12-16(19-4)8-6-5-7-9-16/h13-15,17H,5-12H2,1-4H3. The molecule has 0 aromatic heterocycles. The molecule has 2 aliphatic rings. The van der Waals surface area contributed by atoms with Crippen LogP contribution in [0, 0.1) is 5.92 Å². The summed E-state index contributed by atoms with van der Waals surface area (Å²) in [6.07, 6.45) is 9.52. The van der Waals surface area contributed by atoms with Crippen LogP contribution in [0.4, 0.5) is 0 Å². The smallest absolute Gasteiger partial charge is 0.0284 e. The summed E-state index contributed by atoms with van der Waals surface area (Å²) in [5.74, 6) is 0.752. The van der Waals surface area contributed by atoms with Crippen LogP contribution in [0.2, 0.25) is 0 Å². The van der Waals surface area contributed by atoms with E-state index >= 15 is 0 Å². The Hall–Kier alpha value is 0.270. The van der Waals surface area contributed by atoms with Crippen molar-refractivity contribution >= 4 is 11.8 Å². The van der Waals surface area contributed by atoms with Crippen LogP contribution in [0.3, 0.4) is 0 Å². The quantitative estimate of drug-likeness (QED) is 0.852. The van der Waals surface area contributed by atoms with Crippen LogP contribution < -0.4 is 5.32 Å². The molecule has 2 nitrogen and oxygen atoms in total. The third kappa shape index (κ3) is 3.89. The molecule has 112 valence electrons. The molecule has 0 amide bonds. The molecule has 1 aliphatic carbocycles. The molecule has 2 fully saturated rings. The van der Waals surface area contributed by atoms with Gasteiger partial charge in [0.15, 0.2) is 0 Å². The second-order valence-corrected chi connectivity index (χ2v) is 8.27. The van der Waals surface area contributed by atoms with Crippen LogP contribution >= 0.6 is 11.8 Å². The molecule has 1 saturated carbocycles. The van der Waals surface area contributed by atoms with Crippen LogP contribution in [0.15, 0.2) is 0 Å². The Kier molecular flexibility index (Phi) is 5.62. The van der Waals surface area contributed by atoms with Gasteiger partial charge in [-0.25, -0.2) is 0 Å². The molecule has 0 aromatic rings. The molecule has 3 heteroatoms. The lowest BCUT2D eigenvalue weighted by atomic mass is 9.86. The molecular weight excluding hydrogens is 252 g/mol. The van der Waals surface area contributed by atoms with E-state index in [9.17, 15) is 0 Å². The normalized spacial score (nSPS) is 32.7. The molecule has 2 rings (SSSR count). The fourth-order valence-corrected chi connectivity index (χ4v) is 4.83. The molecule has 1 saturated heterocycles. The first kappa shape index (κ1) is 15.7. The number of hydrogen-bond acceptors (Lipinski definition) is 3. The molecular formula is C16H32N2S. The number of rotatable bonds is 4. The number of nitrogens with one attached hydrogen (secondary N) is 1. The molecule has 0 aromatic carbocycles. The maximum atomic E-state index is 3.66. The summed E-state index contributed by atoms with van der Waals surface area (Å²) in [5, 5.41) is 3.66. The third-order valence-electron chi connectivity index (χ3n) is 5.11. The third-order valence-corrected chi connectivity index (χ3v) is 6.51. The van der Waals surface area contributed by atoms with Crippen LogP contribution in [0.25, 0.3) is 0 Å². The van der Waals surface area contributed by atoms with E-state index < -0.39 is 0 Å². The number of thioether (sulfide) groups is 1. The number of piperazine rings is 1. The number of hydrogen-bond donors (Lipinski definition) is 1. The highest BCUT2D eigenvalue weighted by Gasteiger charge is 2.37. The molecule has 19 heavy (non-hydrogen) atoms. The van der Waals surface area contributed by atoms with Gasteiger partial charge in [-0.15, -0.1) is 0 Å². The van der Waals surface area contributed by atoms with Crippen LogP contribution in [-0.4, -0.2) is 47.6 Å². The lowest BCUT2D eigenvalue weighted by Gasteiger charge is -2.47. The summed E-state index contributed by atoms with van der Waals surface area (Å²) >= 11 is 2.14. The lowest BCUT2D eigenvalue weighted by Crippen LogP contribution is -2.60. The van der Waals surface area contributed by atoms with Gasteiger partial charge in [-0.2, -0.15) is 11.8 Å². The van der Waals surface area contributed by atoms with Gasteiger partial charge in [0.05, 0.1) is 0 Å². The molecule has 2 unspecified atom stereocenters. The van der Waals surface area contributed by atoms with E-state index in [-0.39, 0.29) is 0 Å². The Morgan fingerprint density at radius 1 is 1.26 bits per heavy atom. The van der Waals surface area contributed by atoms with Crippen LogP contribution in [-0.2, 0) is 0 Å². The van der Waals surface area contributed by atoms with E-state index in [2.05, 4.69) is 49.0 Å². The number of nitrogens with zero attached hydrogens (tertiary/aromatic N) is 1. The fourth-order valence-electron chi connectivity index (χ4n) is 3.83. The van der Waals surface area contributed by atoms with Crippen molar-refractivity contribution in [2.75, 3.05) is 25.9 Å². The average molecular weight is 285 g/mol. The van der Waals surface area contributed by atoms with Crippen molar-refractivity contribution < 1.29 is 0 Å². The largest absolute Gasteiger partial charge is 0.311 e. The maximum absolute atomic E-state index is 3.66. The van der Waals surface area contributed by atoms with Crippen molar-refractivity contribution in [2.45, 2.75) is 69.7 Å². The molecule has 1 N–H and O–H groups in total. The lowest BCUT2D eigenvalue weighted by molar-refractivity contribution is 0.0855. The predicted octanol–water partition coefficient (Wildman–Crippen LogP) is 3.37. The van der Waals surface area contributed by atoms with Gasteiger partial charge in [-0.1, -0.05) is 33.1 Å². The zero-order valence-electron chi connectivity index (χ0n) is 13.2. The summed E-state index contributed by atoms with van der Waals surface area (Å²) in [6.45, 7) is 10.8. The monoisotopic (exact) mass is 284 g/mol. The summed E-state index contributed by atoms with van der Waals surface area (Å²) in [5.41, 5.74) is 0. The Balaban J connectivity index is 2.04. The van der Waals surface area contributed by atoms with Gasteiger partial charge in [-0.05, 0) is 31.9 Å². The first-order valence-electron chi connectivity index (χ1n) is 8.09. The zero-order chi connectivity index (χ0) is 13.9. The van der Waals surface area contributed by atoms with Gasteiger partial charge in [0.1, 0.15) is 0 Å². The first-order chi connectivity index (χ1) is 9.06. The Labute approximate surface area is 124 Å². The SMILES string of the molecule is CSC1(CN2CC(C)NCC2C(C)C)CCCCC1. The van der Waals surface area contributed by atoms with Crippen molar-refractivity contribution in [3.63, 3.8) is 0 Å². The van der Waals surface area contributed by atoms with Gasteiger partial charge < -0.3 is 5.32 Å². The first-order valence-corrected chi connectivity index (χ1v) is 9.31. The van der Waals surface area contributed by atoms with Crippen molar-refractivity contribution in [3.8, 4) is 0 Å². The second-order valence-electron chi connectivity index (χ2n) is 7.00. The van der Waals surface area contributed by atoms with Gasteiger partial charge in [0, 0.05) is 36.5 Å².